The Morgan fingerprint density at radius 3 is 2.83 bits per heavy atom. The Kier molecular flexibility index (Phi) is 4.17. The van der Waals surface area contributed by atoms with Gasteiger partial charge in [-0.3, -0.25) is 4.68 Å². The van der Waals surface area contributed by atoms with Gasteiger partial charge in [0.1, 0.15) is 0 Å². The number of nitrogens with one attached hydrogen (secondary N) is 1. The summed E-state index contributed by atoms with van der Waals surface area (Å²) in [7, 11) is 1.92. The van der Waals surface area contributed by atoms with Crippen molar-refractivity contribution >= 4 is 5.69 Å². The summed E-state index contributed by atoms with van der Waals surface area (Å²) >= 11 is 0. The average molecular weight is 246 g/mol. The van der Waals surface area contributed by atoms with E-state index >= 15 is 0 Å². The van der Waals surface area contributed by atoms with E-state index in [1.54, 1.807) is 6.20 Å². The van der Waals surface area contributed by atoms with Crippen molar-refractivity contribution < 1.29 is 4.74 Å². The van der Waals surface area contributed by atoms with Crippen molar-refractivity contribution in [3.8, 4) is 5.88 Å². The van der Waals surface area contributed by atoms with Crippen LogP contribution in [-0.4, -0.2) is 27.9 Å². The Morgan fingerprint density at radius 1 is 1.33 bits per heavy atom. The molecule has 0 radical (unpaired) electrons. The van der Waals surface area contributed by atoms with E-state index in [0.717, 1.165) is 18.7 Å². The molecular formula is C13H18N4O. The third-order valence-electron chi connectivity index (χ3n) is 2.53. The first-order valence-electron chi connectivity index (χ1n) is 6.08. The summed E-state index contributed by atoms with van der Waals surface area (Å²) in [6.07, 6.45) is 6.64. The van der Waals surface area contributed by atoms with Gasteiger partial charge in [0.05, 0.1) is 24.7 Å². The maximum absolute atomic E-state index is 5.29. The molecule has 18 heavy (non-hydrogen) atoms. The van der Waals surface area contributed by atoms with Crippen molar-refractivity contribution in [1.29, 1.82) is 0 Å². The lowest BCUT2D eigenvalue weighted by Gasteiger charge is -2.06. The quantitative estimate of drug-likeness (QED) is 0.845. The number of ether oxygens (including phenoxy) is 1. The summed E-state index contributed by atoms with van der Waals surface area (Å²) in [5, 5.41) is 7.45. The van der Waals surface area contributed by atoms with Crippen LogP contribution in [0.15, 0.2) is 30.7 Å². The minimum Gasteiger partial charge on any atom is -0.478 e. The fourth-order valence-electron chi connectivity index (χ4n) is 1.67. The molecule has 96 valence electrons. The first kappa shape index (κ1) is 12.4. The van der Waals surface area contributed by atoms with Crippen LogP contribution in [0.5, 0.6) is 5.88 Å². The van der Waals surface area contributed by atoms with Gasteiger partial charge in [0.2, 0.25) is 5.88 Å². The number of rotatable bonds is 6. The Hall–Kier alpha value is -2.04. The number of aromatic nitrogens is 3. The SMILES string of the molecule is CCOc1ccc(NCCc2cnn(C)c2)cn1. The van der Waals surface area contributed by atoms with E-state index < -0.39 is 0 Å². The molecule has 0 aliphatic heterocycles. The number of hydrogen-bond acceptors (Lipinski definition) is 4. The molecule has 2 rings (SSSR count). The highest BCUT2D eigenvalue weighted by molar-refractivity contribution is 5.42. The third-order valence-corrected chi connectivity index (χ3v) is 2.53. The smallest absolute Gasteiger partial charge is 0.213 e. The normalized spacial score (nSPS) is 10.3. The summed E-state index contributed by atoms with van der Waals surface area (Å²) in [4.78, 5) is 4.20. The lowest BCUT2D eigenvalue weighted by Crippen LogP contribution is -2.05. The van der Waals surface area contributed by atoms with Crippen LogP contribution in [0.2, 0.25) is 0 Å². The summed E-state index contributed by atoms with van der Waals surface area (Å²) in [6, 6.07) is 3.84. The highest BCUT2D eigenvalue weighted by Crippen LogP contribution is 2.11. The van der Waals surface area contributed by atoms with Gasteiger partial charge >= 0.3 is 0 Å². The van der Waals surface area contributed by atoms with E-state index in [1.165, 1.54) is 5.56 Å². The Balaban J connectivity index is 1.79. The largest absolute Gasteiger partial charge is 0.478 e. The lowest BCUT2D eigenvalue weighted by molar-refractivity contribution is 0.327. The fraction of sp³-hybridized carbons (Fsp3) is 0.385. The Morgan fingerprint density at radius 2 is 2.22 bits per heavy atom. The summed E-state index contributed by atoms with van der Waals surface area (Å²) in [5.74, 6) is 0.662. The van der Waals surface area contributed by atoms with Crippen molar-refractivity contribution in [3.05, 3.63) is 36.3 Å². The Bertz CT molecular complexity index is 478. The first-order valence-corrected chi connectivity index (χ1v) is 6.08. The number of anilines is 1. The summed E-state index contributed by atoms with van der Waals surface area (Å²) in [5.41, 5.74) is 2.23. The molecule has 0 unspecified atom stereocenters. The zero-order valence-electron chi connectivity index (χ0n) is 10.8. The number of hydrogen-bond donors (Lipinski definition) is 1. The van der Waals surface area contributed by atoms with Gasteiger partial charge in [-0.25, -0.2) is 4.98 Å². The molecule has 5 nitrogen and oxygen atoms in total. The van der Waals surface area contributed by atoms with Gasteiger partial charge in [-0.05, 0) is 25.0 Å². The van der Waals surface area contributed by atoms with Gasteiger partial charge in [0.25, 0.3) is 0 Å². The minimum atomic E-state index is 0.640. The Labute approximate surface area is 107 Å². The predicted molar refractivity (Wildman–Crippen MR) is 70.8 cm³/mol. The molecule has 0 aliphatic rings. The molecule has 2 aromatic rings. The summed E-state index contributed by atoms with van der Waals surface area (Å²) in [6.45, 7) is 3.45. The van der Waals surface area contributed by atoms with E-state index in [9.17, 15) is 0 Å². The zero-order valence-corrected chi connectivity index (χ0v) is 10.8. The predicted octanol–water partition coefficient (Wildman–Crippen LogP) is 1.87. The second kappa shape index (κ2) is 6.05. The fourth-order valence-corrected chi connectivity index (χ4v) is 1.67. The van der Waals surface area contributed by atoms with Crippen LogP contribution >= 0.6 is 0 Å². The van der Waals surface area contributed by atoms with Crippen LogP contribution in [0.1, 0.15) is 12.5 Å². The first-order chi connectivity index (χ1) is 8.78. The molecule has 0 fully saturated rings. The van der Waals surface area contributed by atoms with Gasteiger partial charge in [-0.15, -0.1) is 0 Å². The number of aryl methyl sites for hydroxylation is 1. The molecule has 0 aromatic carbocycles. The molecule has 0 aliphatic carbocycles. The molecule has 0 bridgehead atoms. The molecular weight excluding hydrogens is 228 g/mol. The van der Waals surface area contributed by atoms with E-state index in [0.29, 0.717) is 12.5 Å². The van der Waals surface area contributed by atoms with Crippen molar-refractivity contribution in [2.75, 3.05) is 18.5 Å². The average Bonchev–Trinajstić information content (AvgIpc) is 2.78. The summed E-state index contributed by atoms with van der Waals surface area (Å²) < 4.78 is 7.10. The number of pyridine rings is 1. The molecule has 5 heteroatoms. The van der Waals surface area contributed by atoms with E-state index in [2.05, 4.69) is 15.4 Å². The van der Waals surface area contributed by atoms with Crippen LogP contribution in [0.25, 0.3) is 0 Å². The van der Waals surface area contributed by atoms with Crippen LogP contribution in [-0.2, 0) is 13.5 Å². The molecule has 2 aromatic heterocycles. The maximum Gasteiger partial charge on any atom is 0.213 e. The highest BCUT2D eigenvalue weighted by Gasteiger charge is 1.98. The van der Waals surface area contributed by atoms with Crippen LogP contribution < -0.4 is 10.1 Å². The standard InChI is InChI=1S/C13H18N4O/c1-3-18-13-5-4-12(9-15-13)14-7-6-11-8-16-17(2)10-11/h4-5,8-10,14H,3,6-7H2,1-2H3. The van der Waals surface area contributed by atoms with Crippen LogP contribution in [0.3, 0.4) is 0 Å². The van der Waals surface area contributed by atoms with Crippen molar-refractivity contribution in [2.45, 2.75) is 13.3 Å². The molecule has 0 saturated heterocycles. The molecule has 0 amide bonds. The van der Waals surface area contributed by atoms with E-state index in [4.69, 9.17) is 4.74 Å². The van der Waals surface area contributed by atoms with Crippen molar-refractivity contribution in [3.63, 3.8) is 0 Å². The molecule has 1 N–H and O–H groups in total. The van der Waals surface area contributed by atoms with Crippen LogP contribution in [0, 0.1) is 0 Å². The highest BCUT2D eigenvalue weighted by atomic mass is 16.5. The second-order valence-electron chi connectivity index (χ2n) is 4.02. The topological polar surface area (TPSA) is 52.0 Å². The molecule has 0 spiro atoms. The monoisotopic (exact) mass is 246 g/mol. The number of nitrogens with zero attached hydrogens (tertiary/aromatic N) is 3. The molecule has 2 heterocycles. The van der Waals surface area contributed by atoms with Crippen molar-refractivity contribution in [1.82, 2.24) is 14.8 Å². The zero-order chi connectivity index (χ0) is 12.8. The van der Waals surface area contributed by atoms with E-state index in [-0.39, 0.29) is 0 Å². The van der Waals surface area contributed by atoms with E-state index in [1.807, 2.05) is 43.2 Å². The van der Waals surface area contributed by atoms with Gasteiger partial charge in [0.15, 0.2) is 0 Å². The lowest BCUT2D eigenvalue weighted by atomic mass is 10.2. The van der Waals surface area contributed by atoms with Gasteiger partial charge in [-0.2, -0.15) is 5.10 Å². The molecule has 0 saturated carbocycles. The third kappa shape index (κ3) is 3.48. The van der Waals surface area contributed by atoms with Crippen LogP contribution in [0.4, 0.5) is 5.69 Å². The van der Waals surface area contributed by atoms with Gasteiger partial charge < -0.3 is 10.1 Å². The van der Waals surface area contributed by atoms with Crippen molar-refractivity contribution in [2.24, 2.45) is 7.05 Å². The van der Waals surface area contributed by atoms with Gasteiger partial charge in [-0.1, -0.05) is 0 Å². The minimum absolute atomic E-state index is 0.640. The second-order valence-corrected chi connectivity index (χ2v) is 4.02. The molecule has 0 atom stereocenters. The van der Waals surface area contributed by atoms with Gasteiger partial charge in [0, 0.05) is 25.9 Å². The maximum atomic E-state index is 5.29.